The summed E-state index contributed by atoms with van der Waals surface area (Å²) in [5.74, 6) is 0.146. The number of aryl methyl sites for hydroxylation is 1. The van der Waals surface area contributed by atoms with Gasteiger partial charge in [0.05, 0.1) is 7.11 Å². The first-order chi connectivity index (χ1) is 11.6. The van der Waals surface area contributed by atoms with Gasteiger partial charge in [-0.05, 0) is 59.4 Å². The van der Waals surface area contributed by atoms with E-state index in [1.54, 1.807) is 13.2 Å². The van der Waals surface area contributed by atoms with Gasteiger partial charge >= 0.3 is 0 Å². The molecule has 0 unspecified atom stereocenters. The van der Waals surface area contributed by atoms with E-state index in [1.165, 1.54) is 5.56 Å². The lowest BCUT2D eigenvalue weighted by Crippen LogP contribution is -2.24. The van der Waals surface area contributed by atoms with Crippen LogP contribution < -0.4 is 16.2 Å². The molecule has 5 heteroatoms. The van der Waals surface area contributed by atoms with Crippen molar-refractivity contribution in [1.82, 2.24) is 0 Å². The Morgan fingerprint density at radius 1 is 1.12 bits per heavy atom. The summed E-state index contributed by atoms with van der Waals surface area (Å²) in [4.78, 5) is 15.7. The lowest BCUT2D eigenvalue weighted by molar-refractivity contribution is 0.100. The van der Waals surface area contributed by atoms with Crippen LogP contribution in [0.4, 0.5) is 0 Å². The molecule has 0 aliphatic heterocycles. The third-order valence-electron chi connectivity index (χ3n) is 4.04. The van der Waals surface area contributed by atoms with Crippen LogP contribution >= 0.6 is 0 Å². The molecule has 0 fully saturated rings. The average Bonchev–Trinajstić information content (AvgIpc) is 2.60. The van der Waals surface area contributed by atoms with Crippen LogP contribution in [0.3, 0.4) is 0 Å². The fourth-order valence-electron chi connectivity index (χ4n) is 2.89. The van der Waals surface area contributed by atoms with Crippen molar-refractivity contribution in [3.63, 3.8) is 0 Å². The molecule has 0 spiro atoms. The Morgan fingerprint density at radius 3 is 2.54 bits per heavy atom. The maximum absolute atomic E-state index is 12.1. The van der Waals surface area contributed by atoms with Gasteiger partial charge in [-0.25, -0.2) is 0 Å². The van der Waals surface area contributed by atoms with Crippen molar-refractivity contribution in [2.45, 2.75) is 12.8 Å². The number of hydrogen-bond donors (Lipinski definition) is 2. The second-order valence-electron chi connectivity index (χ2n) is 5.60. The zero-order valence-electron chi connectivity index (χ0n) is 13.5. The Hall–Kier alpha value is -3.08. The smallest absolute Gasteiger partial charge is 0.280 e. The fourth-order valence-corrected chi connectivity index (χ4v) is 2.89. The molecule has 2 aromatic carbocycles. The van der Waals surface area contributed by atoms with Crippen molar-refractivity contribution in [3.8, 4) is 5.75 Å². The standard InChI is InChI=1S/C19H19N3O2/c1-24-15-9-7-13(8-10-15)16-4-2-3-12-5-6-14(11-17(12)16)18(23)22-19(20)21/h4-11H,2-3H2,1H3,(H4,20,21,22,23). The van der Waals surface area contributed by atoms with Crippen molar-refractivity contribution >= 4 is 17.4 Å². The molecule has 0 radical (unpaired) electrons. The van der Waals surface area contributed by atoms with Gasteiger partial charge in [-0.15, -0.1) is 0 Å². The van der Waals surface area contributed by atoms with Crippen LogP contribution in [0.15, 0.2) is 53.5 Å². The van der Waals surface area contributed by atoms with Gasteiger partial charge in [-0.1, -0.05) is 24.3 Å². The number of rotatable bonds is 3. The Bertz CT molecular complexity index is 832. The van der Waals surface area contributed by atoms with Gasteiger partial charge in [-0.3, -0.25) is 4.79 Å². The van der Waals surface area contributed by atoms with E-state index in [0.29, 0.717) is 5.56 Å². The number of benzene rings is 2. The Kier molecular flexibility index (Phi) is 4.33. The fraction of sp³-hybridized carbons (Fsp3) is 0.158. The van der Waals surface area contributed by atoms with Crippen molar-refractivity contribution in [1.29, 1.82) is 0 Å². The molecule has 5 nitrogen and oxygen atoms in total. The first kappa shape index (κ1) is 15.8. The van der Waals surface area contributed by atoms with Crippen molar-refractivity contribution < 1.29 is 9.53 Å². The Balaban J connectivity index is 2.02. The van der Waals surface area contributed by atoms with Gasteiger partial charge in [0.2, 0.25) is 0 Å². The van der Waals surface area contributed by atoms with E-state index in [4.69, 9.17) is 16.2 Å². The molecule has 0 heterocycles. The summed E-state index contributed by atoms with van der Waals surface area (Å²) in [5.41, 5.74) is 15.5. The molecule has 1 aliphatic carbocycles. The zero-order chi connectivity index (χ0) is 17.1. The summed E-state index contributed by atoms with van der Waals surface area (Å²) in [6.45, 7) is 0. The van der Waals surface area contributed by atoms with Crippen LogP contribution in [0.2, 0.25) is 0 Å². The van der Waals surface area contributed by atoms with Gasteiger partial charge in [-0.2, -0.15) is 4.99 Å². The summed E-state index contributed by atoms with van der Waals surface area (Å²) in [7, 11) is 1.64. The van der Waals surface area contributed by atoms with Crippen LogP contribution in [0.5, 0.6) is 5.75 Å². The maximum Gasteiger partial charge on any atom is 0.280 e. The predicted molar refractivity (Wildman–Crippen MR) is 95.0 cm³/mol. The number of guanidine groups is 1. The Morgan fingerprint density at radius 2 is 1.88 bits per heavy atom. The number of amides is 1. The lowest BCUT2D eigenvalue weighted by Gasteiger charge is -2.19. The SMILES string of the molecule is COc1ccc(C2=CCCc3ccc(C(=O)N=C(N)N)cc32)cc1. The second-order valence-corrected chi connectivity index (χ2v) is 5.60. The maximum atomic E-state index is 12.1. The molecule has 1 aliphatic rings. The minimum Gasteiger partial charge on any atom is -0.497 e. The number of aliphatic imine (C=N–C) groups is 1. The molecule has 122 valence electrons. The highest BCUT2D eigenvalue weighted by molar-refractivity contribution is 6.02. The highest BCUT2D eigenvalue weighted by Crippen LogP contribution is 2.33. The molecule has 4 N–H and O–H groups in total. The molecule has 0 bridgehead atoms. The van der Waals surface area contributed by atoms with Gasteiger partial charge in [0, 0.05) is 5.56 Å². The third kappa shape index (κ3) is 3.15. The van der Waals surface area contributed by atoms with Gasteiger partial charge < -0.3 is 16.2 Å². The summed E-state index contributed by atoms with van der Waals surface area (Å²) < 4.78 is 5.21. The lowest BCUT2D eigenvalue weighted by atomic mass is 9.86. The molecule has 1 amide bonds. The third-order valence-corrected chi connectivity index (χ3v) is 4.04. The molecule has 0 aromatic heterocycles. The molecule has 24 heavy (non-hydrogen) atoms. The predicted octanol–water partition coefficient (Wildman–Crippen LogP) is 2.49. The number of carbonyl (C=O) groups excluding carboxylic acids is 1. The minimum absolute atomic E-state index is 0.233. The van der Waals surface area contributed by atoms with E-state index in [9.17, 15) is 4.79 Å². The number of nitrogens with zero attached hydrogens (tertiary/aromatic N) is 1. The van der Waals surface area contributed by atoms with E-state index in [1.807, 2.05) is 36.4 Å². The van der Waals surface area contributed by atoms with Gasteiger partial charge in [0.25, 0.3) is 5.91 Å². The normalized spacial score (nSPS) is 12.8. The van der Waals surface area contributed by atoms with E-state index in [0.717, 1.165) is 35.3 Å². The first-order valence-corrected chi connectivity index (χ1v) is 7.70. The molecular weight excluding hydrogens is 302 g/mol. The summed E-state index contributed by atoms with van der Waals surface area (Å²) >= 11 is 0. The molecule has 2 aromatic rings. The largest absolute Gasteiger partial charge is 0.497 e. The van der Waals surface area contributed by atoms with Crippen LogP contribution in [0, 0.1) is 0 Å². The van der Waals surface area contributed by atoms with Crippen molar-refractivity contribution in [2.24, 2.45) is 16.5 Å². The molecule has 3 rings (SSSR count). The summed E-state index contributed by atoms with van der Waals surface area (Å²) in [5, 5.41) is 0. The van der Waals surface area contributed by atoms with Crippen molar-refractivity contribution in [3.05, 3.63) is 70.8 Å². The van der Waals surface area contributed by atoms with E-state index in [2.05, 4.69) is 11.1 Å². The number of nitrogens with two attached hydrogens (primary N) is 2. The number of fused-ring (bicyclic) bond motifs is 1. The quantitative estimate of drug-likeness (QED) is 0.671. The monoisotopic (exact) mass is 321 g/mol. The minimum atomic E-state index is -0.433. The molecule has 0 saturated carbocycles. The first-order valence-electron chi connectivity index (χ1n) is 7.70. The number of hydrogen-bond acceptors (Lipinski definition) is 2. The topological polar surface area (TPSA) is 90.7 Å². The van der Waals surface area contributed by atoms with E-state index < -0.39 is 5.91 Å². The molecular formula is C19H19N3O2. The highest BCUT2D eigenvalue weighted by Gasteiger charge is 2.17. The van der Waals surface area contributed by atoms with Crippen LogP contribution in [-0.4, -0.2) is 19.0 Å². The van der Waals surface area contributed by atoms with Gasteiger partial charge in [0.15, 0.2) is 5.96 Å². The molecule has 0 atom stereocenters. The number of allylic oxidation sites excluding steroid dienone is 1. The van der Waals surface area contributed by atoms with Crippen LogP contribution in [0.25, 0.3) is 5.57 Å². The summed E-state index contributed by atoms with van der Waals surface area (Å²) in [6, 6.07) is 13.5. The number of methoxy groups -OCH3 is 1. The number of carbonyl (C=O) groups is 1. The second kappa shape index (κ2) is 6.58. The van der Waals surface area contributed by atoms with E-state index in [-0.39, 0.29) is 5.96 Å². The molecule has 0 saturated heterocycles. The Labute approximate surface area is 140 Å². The highest BCUT2D eigenvalue weighted by atomic mass is 16.5. The van der Waals surface area contributed by atoms with Crippen LogP contribution in [-0.2, 0) is 6.42 Å². The summed E-state index contributed by atoms with van der Waals surface area (Å²) in [6.07, 6.45) is 4.11. The van der Waals surface area contributed by atoms with Crippen LogP contribution in [0.1, 0.15) is 33.5 Å². The number of ether oxygens (including phenoxy) is 1. The van der Waals surface area contributed by atoms with E-state index >= 15 is 0 Å². The van der Waals surface area contributed by atoms with Crippen molar-refractivity contribution in [2.75, 3.05) is 7.11 Å². The average molecular weight is 321 g/mol. The van der Waals surface area contributed by atoms with Gasteiger partial charge in [0.1, 0.15) is 5.75 Å². The zero-order valence-corrected chi connectivity index (χ0v) is 13.5.